The van der Waals surface area contributed by atoms with Crippen molar-refractivity contribution >= 4 is 45.9 Å². The van der Waals surface area contributed by atoms with Gasteiger partial charge in [-0.3, -0.25) is 4.98 Å². The van der Waals surface area contributed by atoms with E-state index in [-0.39, 0.29) is 12.0 Å². The number of methoxy groups -OCH3 is 1. The number of nitrogens with zero attached hydrogens (tertiary/aromatic N) is 2. The van der Waals surface area contributed by atoms with Crippen LogP contribution in [0.25, 0.3) is 10.9 Å². The molecule has 2 N–H and O–H groups in total. The zero-order valence-corrected chi connectivity index (χ0v) is 22.2. The molecule has 2 aromatic carbocycles. The maximum atomic E-state index is 11.1. The lowest BCUT2D eigenvalue weighted by Crippen LogP contribution is -2.43. The molecule has 1 aliphatic heterocycles. The Bertz CT molecular complexity index is 1140. The summed E-state index contributed by atoms with van der Waals surface area (Å²) in [5, 5.41) is 23.5. The van der Waals surface area contributed by atoms with E-state index in [4.69, 9.17) is 27.9 Å². The van der Waals surface area contributed by atoms with E-state index in [1.54, 1.807) is 25.1 Å². The molecule has 0 radical (unpaired) electrons. The van der Waals surface area contributed by atoms with Crippen LogP contribution in [-0.2, 0) is 0 Å². The van der Waals surface area contributed by atoms with Crippen LogP contribution in [0, 0.1) is 5.41 Å². The number of aliphatic hydroxyl groups is 2. The summed E-state index contributed by atoms with van der Waals surface area (Å²) in [6, 6.07) is 13.5. The Kier molecular flexibility index (Phi) is 9.19. The molecule has 3 aromatic rings. The van der Waals surface area contributed by atoms with Gasteiger partial charge in [0.25, 0.3) is 0 Å². The summed E-state index contributed by atoms with van der Waals surface area (Å²) in [5.41, 5.74) is 1.27. The number of hydrogen-bond acceptors (Lipinski definition) is 6. The Morgan fingerprint density at radius 1 is 1.14 bits per heavy atom. The van der Waals surface area contributed by atoms with E-state index >= 15 is 0 Å². The summed E-state index contributed by atoms with van der Waals surface area (Å²) in [6.07, 6.45) is 3.93. The summed E-state index contributed by atoms with van der Waals surface area (Å²) in [5.74, 6) is 1.67. The molecule has 0 unspecified atom stereocenters. The number of hydrogen-bond donors (Lipinski definition) is 2. The molecule has 1 atom stereocenters. The normalized spacial score (nSPS) is 16.9. The minimum Gasteiger partial charge on any atom is -0.497 e. The Labute approximate surface area is 221 Å². The van der Waals surface area contributed by atoms with Gasteiger partial charge in [0, 0.05) is 40.9 Å². The highest BCUT2D eigenvalue weighted by molar-refractivity contribution is 7.99. The third kappa shape index (κ3) is 6.43. The highest BCUT2D eigenvalue weighted by atomic mass is 35.5. The largest absolute Gasteiger partial charge is 0.497 e. The maximum Gasteiger partial charge on any atom is 0.119 e. The fraction of sp³-hybridized carbons (Fsp3) is 0.444. The zero-order valence-electron chi connectivity index (χ0n) is 19.9. The van der Waals surface area contributed by atoms with Crippen LogP contribution in [-0.4, -0.2) is 59.2 Å². The number of likely N-dealkylation sites (tertiary alicyclic amines) is 1. The molecule has 0 spiro atoms. The van der Waals surface area contributed by atoms with Crippen LogP contribution in [0.5, 0.6) is 5.75 Å². The van der Waals surface area contributed by atoms with E-state index in [1.165, 1.54) is 0 Å². The van der Waals surface area contributed by atoms with E-state index in [9.17, 15) is 10.2 Å². The second-order valence-electron chi connectivity index (χ2n) is 9.24. The van der Waals surface area contributed by atoms with Gasteiger partial charge in [-0.2, -0.15) is 0 Å². The van der Waals surface area contributed by atoms with Gasteiger partial charge in [-0.1, -0.05) is 35.3 Å². The van der Waals surface area contributed by atoms with Gasteiger partial charge < -0.3 is 19.8 Å². The van der Waals surface area contributed by atoms with E-state index < -0.39 is 6.10 Å². The van der Waals surface area contributed by atoms with Crippen molar-refractivity contribution in [1.29, 1.82) is 0 Å². The average Bonchev–Trinajstić information content (AvgIpc) is 2.89. The summed E-state index contributed by atoms with van der Waals surface area (Å²) in [6.45, 7) is 2.99. The Morgan fingerprint density at radius 2 is 1.91 bits per heavy atom. The Hall–Kier alpha value is -1.54. The number of fused-ring (bicyclic) bond motifs is 1. The van der Waals surface area contributed by atoms with Gasteiger partial charge in [0.15, 0.2) is 0 Å². The van der Waals surface area contributed by atoms with Gasteiger partial charge in [0.05, 0.1) is 28.8 Å². The maximum absolute atomic E-state index is 11.1. The number of benzene rings is 2. The van der Waals surface area contributed by atoms with Crippen LogP contribution in [0.1, 0.15) is 37.4 Å². The van der Waals surface area contributed by atoms with Crippen LogP contribution in [0.4, 0.5) is 0 Å². The number of aliphatic hydroxyl groups excluding tert-OH is 2. The lowest BCUT2D eigenvalue weighted by molar-refractivity contribution is 0.0254. The van der Waals surface area contributed by atoms with Crippen molar-refractivity contribution in [1.82, 2.24) is 9.88 Å². The first-order chi connectivity index (χ1) is 16.9. The van der Waals surface area contributed by atoms with Gasteiger partial charge in [-0.25, -0.2) is 0 Å². The smallest absolute Gasteiger partial charge is 0.119 e. The second kappa shape index (κ2) is 12.1. The molecule has 0 amide bonds. The first-order valence-electron chi connectivity index (χ1n) is 12.0. The lowest BCUT2D eigenvalue weighted by Gasteiger charge is -2.41. The first kappa shape index (κ1) is 26.5. The molecular formula is C27H32Cl2N2O3S. The summed E-state index contributed by atoms with van der Waals surface area (Å²) >= 11 is 14.5. The van der Waals surface area contributed by atoms with Crippen LogP contribution in [0.3, 0.4) is 0 Å². The fourth-order valence-corrected chi connectivity index (χ4v) is 6.33. The van der Waals surface area contributed by atoms with Gasteiger partial charge in [0.2, 0.25) is 0 Å². The van der Waals surface area contributed by atoms with Crippen molar-refractivity contribution in [2.24, 2.45) is 5.41 Å². The molecule has 4 rings (SSSR count). The SMILES string of the molecule is COc1ccc2ncc(Cl)c([C@@H](O)CCC3(CO)CCN(CCSc4ccccc4Cl)CC3)c2c1. The summed E-state index contributed by atoms with van der Waals surface area (Å²) in [7, 11) is 1.61. The average molecular weight is 536 g/mol. The number of piperidine rings is 1. The molecule has 1 aliphatic rings. The summed E-state index contributed by atoms with van der Waals surface area (Å²) < 4.78 is 5.36. The molecule has 188 valence electrons. The van der Waals surface area contributed by atoms with Crippen molar-refractivity contribution in [3.05, 3.63) is 64.3 Å². The predicted octanol–water partition coefficient (Wildman–Crippen LogP) is 6.23. The highest BCUT2D eigenvalue weighted by Gasteiger charge is 2.34. The van der Waals surface area contributed by atoms with Gasteiger partial charge in [0.1, 0.15) is 5.75 Å². The number of rotatable bonds is 10. The molecule has 2 heterocycles. The van der Waals surface area contributed by atoms with Crippen LogP contribution >= 0.6 is 35.0 Å². The fourth-order valence-electron chi connectivity index (χ4n) is 4.81. The predicted molar refractivity (Wildman–Crippen MR) is 145 cm³/mol. The van der Waals surface area contributed by atoms with E-state index in [0.717, 1.165) is 65.5 Å². The molecule has 0 bridgehead atoms. The van der Waals surface area contributed by atoms with Crippen molar-refractivity contribution in [2.75, 3.05) is 39.1 Å². The number of ether oxygens (including phenoxy) is 1. The second-order valence-corrected chi connectivity index (χ2v) is 11.2. The standard InChI is InChI=1S/C27H32Cl2N2O3S/c1-34-19-6-7-23-20(16-19)26(22(29)17-30-23)24(33)8-9-27(18-32)10-12-31(13-11-27)14-15-35-25-5-3-2-4-21(25)28/h2-7,16-17,24,32-33H,8-15,18H2,1H3/t24-/m0/s1. The van der Waals surface area contributed by atoms with Crippen LogP contribution in [0.15, 0.2) is 53.6 Å². The molecule has 0 aliphatic carbocycles. The van der Waals surface area contributed by atoms with Crippen molar-refractivity contribution in [3.8, 4) is 5.75 Å². The minimum atomic E-state index is -0.742. The molecule has 8 heteroatoms. The number of thioether (sulfide) groups is 1. The van der Waals surface area contributed by atoms with Gasteiger partial charge in [-0.15, -0.1) is 11.8 Å². The number of aromatic nitrogens is 1. The van der Waals surface area contributed by atoms with E-state index in [0.29, 0.717) is 22.8 Å². The van der Waals surface area contributed by atoms with Crippen LogP contribution < -0.4 is 4.74 Å². The van der Waals surface area contributed by atoms with E-state index in [1.807, 2.05) is 36.4 Å². The molecule has 1 aromatic heterocycles. The Balaban J connectivity index is 1.34. The van der Waals surface area contributed by atoms with Crippen molar-refractivity contribution in [2.45, 2.75) is 36.7 Å². The topological polar surface area (TPSA) is 65.8 Å². The van der Waals surface area contributed by atoms with Crippen LogP contribution in [0.2, 0.25) is 10.0 Å². The quantitative estimate of drug-likeness (QED) is 0.300. The zero-order chi connectivity index (χ0) is 24.8. The van der Waals surface area contributed by atoms with E-state index in [2.05, 4.69) is 16.0 Å². The molecular weight excluding hydrogens is 503 g/mol. The number of pyridine rings is 1. The van der Waals surface area contributed by atoms with Gasteiger partial charge >= 0.3 is 0 Å². The Morgan fingerprint density at radius 3 is 2.63 bits per heavy atom. The molecule has 1 fully saturated rings. The summed E-state index contributed by atoms with van der Waals surface area (Å²) in [4.78, 5) is 7.95. The van der Waals surface area contributed by atoms with Crippen molar-refractivity contribution < 1.29 is 14.9 Å². The highest BCUT2D eigenvalue weighted by Crippen LogP contribution is 2.40. The molecule has 0 saturated carbocycles. The van der Waals surface area contributed by atoms with Gasteiger partial charge in [-0.05, 0) is 74.5 Å². The molecule has 5 nitrogen and oxygen atoms in total. The molecule has 1 saturated heterocycles. The number of halogens is 2. The molecule has 35 heavy (non-hydrogen) atoms. The monoisotopic (exact) mass is 534 g/mol. The minimum absolute atomic E-state index is 0.126. The third-order valence-corrected chi connectivity index (χ3v) is 8.90. The van der Waals surface area contributed by atoms with Crippen molar-refractivity contribution in [3.63, 3.8) is 0 Å². The third-order valence-electron chi connectivity index (χ3n) is 7.10. The first-order valence-corrected chi connectivity index (χ1v) is 13.7. The lowest BCUT2D eigenvalue weighted by atomic mass is 9.74.